The standard InChI is InChI=1S/C8H15BO/c1-8(5-6-9)4-2-3-7(8)10/h2-6,9H2,1H3. The molecule has 0 aromatic carbocycles. The predicted octanol–water partition coefficient (Wildman–Crippen LogP) is 1.19. The molecule has 0 radical (unpaired) electrons. The van der Waals surface area contributed by atoms with Gasteiger partial charge in [-0.3, -0.25) is 4.79 Å². The summed E-state index contributed by atoms with van der Waals surface area (Å²) in [6, 6.07) is 0. The lowest BCUT2D eigenvalue weighted by Gasteiger charge is -2.20. The Morgan fingerprint density at radius 3 is 2.80 bits per heavy atom. The largest absolute Gasteiger partial charge is 0.299 e. The second kappa shape index (κ2) is 2.77. The molecule has 0 aliphatic heterocycles. The Balaban J connectivity index is 2.57. The SMILES string of the molecule is BCCC1(C)CCCC1=O. The number of ketones is 1. The molecule has 0 saturated heterocycles. The Morgan fingerprint density at radius 1 is 1.70 bits per heavy atom. The number of hydrogen-bond donors (Lipinski definition) is 0. The maximum Gasteiger partial charge on any atom is 0.138 e. The Bertz CT molecular complexity index is 144. The first-order valence-electron chi connectivity index (χ1n) is 4.22. The summed E-state index contributed by atoms with van der Waals surface area (Å²) < 4.78 is 0. The van der Waals surface area contributed by atoms with Crippen LogP contribution in [0.4, 0.5) is 0 Å². The van der Waals surface area contributed by atoms with Crippen molar-refractivity contribution in [3.8, 4) is 0 Å². The average Bonchev–Trinajstić information content (AvgIpc) is 2.15. The summed E-state index contributed by atoms with van der Waals surface area (Å²) in [4.78, 5) is 11.3. The molecular formula is C8H15BO. The van der Waals surface area contributed by atoms with Crippen molar-refractivity contribution >= 4 is 13.6 Å². The highest BCUT2D eigenvalue weighted by molar-refractivity contribution is 6.08. The fourth-order valence-corrected chi connectivity index (χ4v) is 1.90. The molecule has 0 aromatic heterocycles. The van der Waals surface area contributed by atoms with Crippen LogP contribution in [0.5, 0.6) is 0 Å². The fraction of sp³-hybridized carbons (Fsp3) is 0.875. The van der Waals surface area contributed by atoms with Gasteiger partial charge in [-0.15, -0.1) is 0 Å². The topological polar surface area (TPSA) is 17.1 Å². The highest BCUT2D eigenvalue weighted by Gasteiger charge is 2.35. The fourth-order valence-electron chi connectivity index (χ4n) is 1.90. The van der Waals surface area contributed by atoms with Gasteiger partial charge in [0.2, 0.25) is 0 Å². The van der Waals surface area contributed by atoms with Gasteiger partial charge in [-0.05, 0) is 19.3 Å². The van der Waals surface area contributed by atoms with Crippen molar-refractivity contribution in [1.82, 2.24) is 0 Å². The van der Waals surface area contributed by atoms with E-state index in [2.05, 4.69) is 14.8 Å². The third-order valence-electron chi connectivity index (χ3n) is 2.61. The molecule has 1 rings (SSSR count). The van der Waals surface area contributed by atoms with E-state index >= 15 is 0 Å². The number of rotatable bonds is 2. The van der Waals surface area contributed by atoms with Gasteiger partial charge in [-0.1, -0.05) is 13.2 Å². The minimum atomic E-state index is 0.0642. The normalized spacial score (nSPS) is 33.1. The molecule has 0 aromatic rings. The highest BCUT2D eigenvalue weighted by atomic mass is 16.1. The molecule has 0 bridgehead atoms. The Hall–Kier alpha value is -0.265. The zero-order valence-corrected chi connectivity index (χ0v) is 6.94. The predicted molar refractivity (Wildman–Crippen MR) is 44.9 cm³/mol. The van der Waals surface area contributed by atoms with E-state index in [1.165, 1.54) is 0 Å². The first-order valence-corrected chi connectivity index (χ1v) is 4.22. The number of carbonyl (C=O) groups is 1. The minimum Gasteiger partial charge on any atom is -0.299 e. The molecule has 0 N–H and O–H groups in total. The van der Waals surface area contributed by atoms with Crippen LogP contribution in [0.3, 0.4) is 0 Å². The number of carbonyl (C=O) groups excluding carboxylic acids is 1. The van der Waals surface area contributed by atoms with Crippen molar-refractivity contribution in [3.63, 3.8) is 0 Å². The second-order valence-corrected chi connectivity index (χ2v) is 3.59. The summed E-state index contributed by atoms with van der Waals surface area (Å²) in [6.45, 7) is 2.12. The van der Waals surface area contributed by atoms with Crippen molar-refractivity contribution in [1.29, 1.82) is 0 Å². The molecule has 1 unspecified atom stereocenters. The molecule has 56 valence electrons. The van der Waals surface area contributed by atoms with E-state index in [1.54, 1.807) is 0 Å². The van der Waals surface area contributed by atoms with E-state index in [0.29, 0.717) is 5.78 Å². The molecule has 1 fully saturated rings. The molecule has 0 spiro atoms. The summed E-state index contributed by atoms with van der Waals surface area (Å²) in [5, 5.41) is 0. The smallest absolute Gasteiger partial charge is 0.138 e. The van der Waals surface area contributed by atoms with Crippen LogP contribution in [0.2, 0.25) is 6.32 Å². The van der Waals surface area contributed by atoms with Crippen LogP contribution >= 0.6 is 0 Å². The summed E-state index contributed by atoms with van der Waals surface area (Å²) >= 11 is 0. The highest BCUT2D eigenvalue weighted by Crippen LogP contribution is 2.37. The molecule has 0 amide bonds. The van der Waals surface area contributed by atoms with Crippen LogP contribution in [0.25, 0.3) is 0 Å². The van der Waals surface area contributed by atoms with Crippen molar-refractivity contribution in [3.05, 3.63) is 0 Å². The van der Waals surface area contributed by atoms with E-state index in [0.717, 1.165) is 32.0 Å². The van der Waals surface area contributed by atoms with Gasteiger partial charge in [0.25, 0.3) is 0 Å². The zero-order chi connectivity index (χ0) is 7.61. The van der Waals surface area contributed by atoms with Crippen LogP contribution in [0.1, 0.15) is 32.6 Å². The number of Topliss-reactive ketones (excluding diaryl/α,β-unsaturated/α-hetero) is 1. The van der Waals surface area contributed by atoms with E-state index in [-0.39, 0.29) is 5.41 Å². The average molecular weight is 138 g/mol. The Labute approximate surface area is 63.6 Å². The molecular weight excluding hydrogens is 123 g/mol. The second-order valence-electron chi connectivity index (χ2n) is 3.59. The quantitative estimate of drug-likeness (QED) is 0.523. The van der Waals surface area contributed by atoms with Gasteiger partial charge in [0.15, 0.2) is 0 Å². The molecule has 1 atom stereocenters. The van der Waals surface area contributed by atoms with Crippen molar-refractivity contribution < 1.29 is 4.79 Å². The Kier molecular flexibility index (Phi) is 2.17. The summed E-state index contributed by atoms with van der Waals surface area (Å²) in [5.41, 5.74) is 0.0642. The van der Waals surface area contributed by atoms with Gasteiger partial charge in [-0.25, -0.2) is 0 Å². The first-order chi connectivity index (χ1) is 4.69. The molecule has 1 saturated carbocycles. The molecule has 1 nitrogen and oxygen atoms in total. The van der Waals surface area contributed by atoms with Gasteiger partial charge < -0.3 is 0 Å². The summed E-state index contributed by atoms with van der Waals surface area (Å²) in [5.74, 6) is 0.495. The van der Waals surface area contributed by atoms with Gasteiger partial charge in [-0.2, -0.15) is 0 Å². The van der Waals surface area contributed by atoms with Crippen LogP contribution in [0, 0.1) is 5.41 Å². The molecule has 1 aliphatic carbocycles. The van der Waals surface area contributed by atoms with Crippen molar-refractivity contribution in [2.75, 3.05) is 0 Å². The summed E-state index contributed by atoms with van der Waals surface area (Å²) in [7, 11) is 2.15. The first kappa shape index (κ1) is 7.84. The maximum atomic E-state index is 11.3. The molecule has 10 heavy (non-hydrogen) atoms. The van der Waals surface area contributed by atoms with Crippen molar-refractivity contribution in [2.45, 2.75) is 38.9 Å². The summed E-state index contributed by atoms with van der Waals surface area (Å²) in [6.07, 6.45) is 5.31. The monoisotopic (exact) mass is 138 g/mol. The van der Waals surface area contributed by atoms with Crippen molar-refractivity contribution in [2.24, 2.45) is 5.41 Å². The Morgan fingerprint density at radius 2 is 2.40 bits per heavy atom. The van der Waals surface area contributed by atoms with Crippen LogP contribution in [-0.2, 0) is 4.79 Å². The lowest BCUT2D eigenvalue weighted by atomic mass is 9.79. The van der Waals surface area contributed by atoms with Gasteiger partial charge in [0, 0.05) is 11.8 Å². The van der Waals surface area contributed by atoms with E-state index in [4.69, 9.17) is 0 Å². The van der Waals surface area contributed by atoms with Gasteiger partial charge in [0.05, 0.1) is 0 Å². The van der Waals surface area contributed by atoms with Gasteiger partial charge >= 0.3 is 0 Å². The molecule has 0 heterocycles. The van der Waals surface area contributed by atoms with E-state index in [9.17, 15) is 4.79 Å². The lowest BCUT2D eigenvalue weighted by molar-refractivity contribution is -0.125. The zero-order valence-electron chi connectivity index (χ0n) is 6.94. The minimum absolute atomic E-state index is 0.0642. The number of hydrogen-bond acceptors (Lipinski definition) is 1. The molecule has 1 aliphatic rings. The van der Waals surface area contributed by atoms with E-state index < -0.39 is 0 Å². The third-order valence-corrected chi connectivity index (χ3v) is 2.61. The lowest BCUT2D eigenvalue weighted by Crippen LogP contribution is -2.20. The van der Waals surface area contributed by atoms with Gasteiger partial charge in [0.1, 0.15) is 13.6 Å². The third kappa shape index (κ3) is 1.25. The maximum absolute atomic E-state index is 11.3. The molecule has 2 heteroatoms. The van der Waals surface area contributed by atoms with Crippen LogP contribution in [0.15, 0.2) is 0 Å². The van der Waals surface area contributed by atoms with E-state index in [1.807, 2.05) is 0 Å². The van der Waals surface area contributed by atoms with Crippen LogP contribution < -0.4 is 0 Å². The van der Waals surface area contributed by atoms with Crippen LogP contribution in [-0.4, -0.2) is 13.6 Å².